The fourth-order valence-corrected chi connectivity index (χ4v) is 1.77. The van der Waals surface area contributed by atoms with E-state index in [9.17, 15) is 0 Å². The molecule has 0 amide bonds. The summed E-state index contributed by atoms with van der Waals surface area (Å²) < 4.78 is 1.11. The molecule has 1 aromatic rings. The van der Waals surface area contributed by atoms with E-state index in [0.717, 1.165) is 22.3 Å². The van der Waals surface area contributed by atoms with E-state index in [1.807, 2.05) is 18.2 Å². The van der Waals surface area contributed by atoms with Crippen molar-refractivity contribution in [3.63, 3.8) is 0 Å². The van der Waals surface area contributed by atoms with E-state index in [1.54, 1.807) is 0 Å². The van der Waals surface area contributed by atoms with Gasteiger partial charge in [0, 0.05) is 15.4 Å². The van der Waals surface area contributed by atoms with Crippen molar-refractivity contribution in [3.8, 4) is 0 Å². The highest BCUT2D eigenvalue weighted by atomic mass is 79.9. The van der Waals surface area contributed by atoms with E-state index in [0.29, 0.717) is 5.88 Å². The third-order valence-corrected chi connectivity index (χ3v) is 2.86. The van der Waals surface area contributed by atoms with Gasteiger partial charge in [0.05, 0.1) is 0 Å². The third kappa shape index (κ3) is 2.96. The topological polar surface area (TPSA) is 0 Å². The predicted molar refractivity (Wildman–Crippen MR) is 58.2 cm³/mol. The molecule has 0 aliphatic carbocycles. The average Bonchev–Trinajstić information content (AvgIpc) is 2.07. The molecule has 0 unspecified atom stereocenters. The van der Waals surface area contributed by atoms with Crippen LogP contribution in [0.3, 0.4) is 0 Å². The first kappa shape index (κ1) is 10.4. The zero-order valence-corrected chi connectivity index (χ0v) is 9.59. The van der Waals surface area contributed by atoms with E-state index in [2.05, 4.69) is 15.9 Å². The molecule has 0 nitrogen and oxygen atoms in total. The van der Waals surface area contributed by atoms with E-state index < -0.39 is 0 Å². The Labute approximate surface area is 91.0 Å². The summed E-state index contributed by atoms with van der Waals surface area (Å²) in [5.41, 5.74) is 1.23. The second-order valence-electron chi connectivity index (χ2n) is 2.53. The van der Waals surface area contributed by atoms with Gasteiger partial charge in [-0.2, -0.15) is 0 Å². The number of benzene rings is 1. The number of halogens is 3. The van der Waals surface area contributed by atoms with Gasteiger partial charge in [0.25, 0.3) is 0 Å². The van der Waals surface area contributed by atoms with Crippen LogP contribution >= 0.6 is 39.1 Å². The van der Waals surface area contributed by atoms with Crippen molar-refractivity contribution in [2.75, 3.05) is 5.88 Å². The summed E-state index contributed by atoms with van der Waals surface area (Å²) in [6.45, 7) is 0. The van der Waals surface area contributed by atoms with Crippen molar-refractivity contribution in [2.24, 2.45) is 0 Å². The maximum absolute atomic E-state index is 5.84. The molecule has 0 saturated heterocycles. The van der Waals surface area contributed by atoms with Gasteiger partial charge in [0.1, 0.15) is 0 Å². The zero-order valence-electron chi connectivity index (χ0n) is 6.49. The number of aryl methyl sites for hydroxylation is 1. The lowest BCUT2D eigenvalue weighted by atomic mass is 10.1. The fraction of sp³-hybridized carbons (Fsp3) is 0.333. The van der Waals surface area contributed by atoms with Crippen molar-refractivity contribution in [3.05, 3.63) is 33.3 Å². The lowest BCUT2D eigenvalue weighted by Gasteiger charge is -2.02. The monoisotopic (exact) mass is 266 g/mol. The molecule has 1 aromatic carbocycles. The lowest BCUT2D eigenvalue weighted by Crippen LogP contribution is -1.87. The summed E-state index contributed by atoms with van der Waals surface area (Å²) in [5.74, 6) is 0.693. The SMILES string of the molecule is ClCCCc1cc(Cl)ccc1Br. The summed E-state index contributed by atoms with van der Waals surface area (Å²) in [7, 11) is 0. The van der Waals surface area contributed by atoms with Crippen molar-refractivity contribution >= 4 is 39.1 Å². The summed E-state index contributed by atoms with van der Waals surface area (Å²) in [5, 5.41) is 0.780. The van der Waals surface area contributed by atoms with Gasteiger partial charge in [-0.15, -0.1) is 11.6 Å². The van der Waals surface area contributed by atoms with Crippen LogP contribution in [0.25, 0.3) is 0 Å². The lowest BCUT2D eigenvalue weighted by molar-refractivity contribution is 0.924. The molecule has 0 aliphatic rings. The Morgan fingerprint density at radius 1 is 1.33 bits per heavy atom. The summed E-state index contributed by atoms with van der Waals surface area (Å²) in [4.78, 5) is 0. The molecule has 0 heterocycles. The quantitative estimate of drug-likeness (QED) is 0.718. The predicted octanol–water partition coefficient (Wildman–Crippen LogP) is 4.27. The number of hydrogen-bond donors (Lipinski definition) is 0. The largest absolute Gasteiger partial charge is 0.127 e. The molecule has 0 fully saturated rings. The Morgan fingerprint density at radius 2 is 2.08 bits per heavy atom. The molecule has 0 aliphatic heterocycles. The number of hydrogen-bond acceptors (Lipinski definition) is 0. The van der Waals surface area contributed by atoms with E-state index in [4.69, 9.17) is 23.2 Å². The van der Waals surface area contributed by atoms with Crippen LogP contribution in [0.5, 0.6) is 0 Å². The first-order valence-corrected chi connectivity index (χ1v) is 5.44. The average molecular weight is 268 g/mol. The second kappa shape index (κ2) is 5.11. The van der Waals surface area contributed by atoms with E-state index in [1.165, 1.54) is 5.56 Å². The zero-order chi connectivity index (χ0) is 8.97. The van der Waals surface area contributed by atoms with Crippen LogP contribution < -0.4 is 0 Å². The Kier molecular flexibility index (Phi) is 4.41. The highest BCUT2D eigenvalue weighted by Gasteiger charge is 1.99. The second-order valence-corrected chi connectivity index (χ2v) is 4.20. The molecule has 66 valence electrons. The minimum Gasteiger partial charge on any atom is -0.127 e. The van der Waals surface area contributed by atoms with Crippen LogP contribution in [-0.2, 0) is 6.42 Å². The van der Waals surface area contributed by atoms with Crippen LogP contribution in [0.4, 0.5) is 0 Å². The Morgan fingerprint density at radius 3 is 2.75 bits per heavy atom. The van der Waals surface area contributed by atoms with Gasteiger partial charge in [-0.1, -0.05) is 27.5 Å². The van der Waals surface area contributed by atoms with E-state index >= 15 is 0 Å². The van der Waals surface area contributed by atoms with Crippen LogP contribution in [0.2, 0.25) is 5.02 Å². The van der Waals surface area contributed by atoms with Crippen LogP contribution in [0.15, 0.2) is 22.7 Å². The molecule has 0 aromatic heterocycles. The summed E-state index contributed by atoms with van der Waals surface area (Å²) in [6.07, 6.45) is 1.96. The summed E-state index contributed by atoms with van der Waals surface area (Å²) >= 11 is 14.9. The van der Waals surface area contributed by atoms with Gasteiger partial charge in [-0.3, -0.25) is 0 Å². The molecule has 0 bridgehead atoms. The number of rotatable bonds is 3. The Bertz CT molecular complexity index is 261. The van der Waals surface area contributed by atoms with Gasteiger partial charge in [0.15, 0.2) is 0 Å². The maximum atomic E-state index is 5.84. The highest BCUT2D eigenvalue weighted by molar-refractivity contribution is 9.10. The van der Waals surface area contributed by atoms with Gasteiger partial charge < -0.3 is 0 Å². The molecule has 3 heteroatoms. The first-order chi connectivity index (χ1) is 5.74. The first-order valence-electron chi connectivity index (χ1n) is 3.74. The number of alkyl halides is 1. The van der Waals surface area contributed by atoms with Gasteiger partial charge in [-0.25, -0.2) is 0 Å². The fourth-order valence-electron chi connectivity index (χ4n) is 0.992. The molecule has 0 N–H and O–H groups in total. The minimum absolute atomic E-state index is 0.693. The molecule has 1 rings (SSSR count). The van der Waals surface area contributed by atoms with Crippen LogP contribution in [-0.4, -0.2) is 5.88 Å². The molecule has 0 radical (unpaired) electrons. The molecule has 0 atom stereocenters. The van der Waals surface area contributed by atoms with Crippen molar-refractivity contribution in [2.45, 2.75) is 12.8 Å². The third-order valence-electron chi connectivity index (χ3n) is 1.59. The van der Waals surface area contributed by atoms with Crippen molar-refractivity contribution in [1.82, 2.24) is 0 Å². The van der Waals surface area contributed by atoms with Crippen LogP contribution in [0.1, 0.15) is 12.0 Å². The maximum Gasteiger partial charge on any atom is 0.0409 e. The Hall–Kier alpha value is 0.280. The van der Waals surface area contributed by atoms with Crippen LogP contribution in [0, 0.1) is 0 Å². The highest BCUT2D eigenvalue weighted by Crippen LogP contribution is 2.22. The summed E-state index contributed by atoms with van der Waals surface area (Å²) in [6, 6.07) is 5.81. The van der Waals surface area contributed by atoms with Gasteiger partial charge in [0.2, 0.25) is 0 Å². The minimum atomic E-state index is 0.693. The molecular formula is C9H9BrCl2. The van der Waals surface area contributed by atoms with E-state index in [-0.39, 0.29) is 0 Å². The smallest absolute Gasteiger partial charge is 0.0409 e. The molecule has 0 spiro atoms. The van der Waals surface area contributed by atoms with Crippen molar-refractivity contribution in [1.29, 1.82) is 0 Å². The molecule has 0 saturated carbocycles. The Balaban J connectivity index is 2.75. The van der Waals surface area contributed by atoms with Crippen molar-refractivity contribution < 1.29 is 0 Å². The van der Waals surface area contributed by atoms with Gasteiger partial charge >= 0.3 is 0 Å². The molecular weight excluding hydrogens is 259 g/mol. The standard InChI is InChI=1S/C9H9BrCl2/c10-9-4-3-8(12)6-7(9)2-1-5-11/h3-4,6H,1-2,5H2. The molecule has 12 heavy (non-hydrogen) atoms. The normalized spacial score (nSPS) is 10.2. The van der Waals surface area contributed by atoms with Gasteiger partial charge in [-0.05, 0) is 36.6 Å².